The highest BCUT2D eigenvalue weighted by molar-refractivity contribution is 7.89. The third-order valence-corrected chi connectivity index (χ3v) is 7.89. The van der Waals surface area contributed by atoms with Crippen molar-refractivity contribution in [3.8, 4) is 11.5 Å². The van der Waals surface area contributed by atoms with Gasteiger partial charge in [0, 0.05) is 39.7 Å². The van der Waals surface area contributed by atoms with Crippen LogP contribution in [0.25, 0.3) is 0 Å². The zero-order valence-corrected chi connectivity index (χ0v) is 21.2. The van der Waals surface area contributed by atoms with Crippen LogP contribution in [0.5, 0.6) is 11.5 Å². The number of ether oxygens (including phenoxy) is 3. The minimum absolute atomic E-state index is 0.228. The Morgan fingerprint density at radius 2 is 1.76 bits per heavy atom. The van der Waals surface area contributed by atoms with Crippen LogP contribution in [-0.4, -0.2) is 87.5 Å². The summed E-state index contributed by atoms with van der Waals surface area (Å²) in [6, 6.07) is 14.9. The Morgan fingerprint density at radius 3 is 2.35 bits per heavy atom. The Labute approximate surface area is 213 Å². The smallest absolute Gasteiger partial charge is 0.490 e. The molecule has 204 valence electrons. The van der Waals surface area contributed by atoms with Crippen molar-refractivity contribution in [2.75, 3.05) is 47.0 Å². The number of hydrogen-bond donors (Lipinski definition) is 1. The first-order valence-corrected chi connectivity index (χ1v) is 12.8. The normalized spacial score (nSPS) is 21.3. The van der Waals surface area contributed by atoms with E-state index in [1.165, 1.54) is 9.87 Å². The lowest BCUT2D eigenvalue weighted by Crippen LogP contribution is -2.49. The van der Waals surface area contributed by atoms with Crippen LogP contribution in [0.15, 0.2) is 53.4 Å². The number of hydrogen-bond acceptors (Lipinski definition) is 7. The van der Waals surface area contributed by atoms with Crippen LogP contribution >= 0.6 is 0 Å². The summed E-state index contributed by atoms with van der Waals surface area (Å²) >= 11 is 0. The molecule has 2 aliphatic rings. The molecule has 0 radical (unpaired) electrons. The highest BCUT2D eigenvalue weighted by Gasteiger charge is 2.47. The number of sulfonamides is 1. The quantitative estimate of drug-likeness (QED) is 0.590. The van der Waals surface area contributed by atoms with Gasteiger partial charge in [0.1, 0.15) is 22.0 Å². The number of methoxy groups -OCH3 is 2. The van der Waals surface area contributed by atoms with Gasteiger partial charge in [-0.05, 0) is 29.8 Å². The molecule has 0 saturated carbocycles. The molecule has 0 bridgehead atoms. The number of para-hydroxylation sites is 1. The Bertz CT molecular complexity index is 1180. The molecule has 0 amide bonds. The number of aliphatic carboxylic acids is 1. The van der Waals surface area contributed by atoms with E-state index in [1.807, 2.05) is 18.2 Å². The zero-order valence-electron chi connectivity index (χ0n) is 20.4. The van der Waals surface area contributed by atoms with Crippen molar-refractivity contribution in [1.82, 2.24) is 9.21 Å². The average molecular weight is 547 g/mol. The minimum atomic E-state index is -5.08. The van der Waals surface area contributed by atoms with Gasteiger partial charge in [-0.3, -0.25) is 4.90 Å². The summed E-state index contributed by atoms with van der Waals surface area (Å²) in [4.78, 5) is 11.4. The van der Waals surface area contributed by atoms with Crippen LogP contribution < -0.4 is 9.47 Å². The van der Waals surface area contributed by atoms with Crippen molar-refractivity contribution in [3.05, 3.63) is 54.1 Å². The number of nitrogens with zero attached hydrogens (tertiary/aromatic N) is 2. The van der Waals surface area contributed by atoms with Crippen LogP contribution in [-0.2, 0) is 26.1 Å². The second kappa shape index (κ2) is 11.7. The van der Waals surface area contributed by atoms with Gasteiger partial charge in [0.05, 0.1) is 20.3 Å². The lowest BCUT2D eigenvalue weighted by molar-refractivity contribution is -0.192. The SMILES string of the molecule is COCCN1CC2(CCN(Cc3ccc(OC)cc3)C2)Oc2ccccc2S1(=O)=O.O=C(O)C(F)(F)F. The molecule has 13 heteroatoms. The van der Waals surface area contributed by atoms with E-state index in [2.05, 4.69) is 17.0 Å². The van der Waals surface area contributed by atoms with Crippen LogP contribution in [0.2, 0.25) is 0 Å². The summed E-state index contributed by atoms with van der Waals surface area (Å²) in [5.74, 6) is -1.49. The molecule has 2 heterocycles. The van der Waals surface area contributed by atoms with Crippen LogP contribution in [0.4, 0.5) is 13.2 Å². The Balaban J connectivity index is 0.000000479. The van der Waals surface area contributed by atoms with Gasteiger partial charge in [-0.1, -0.05) is 24.3 Å². The highest BCUT2D eigenvalue weighted by atomic mass is 32.2. The third-order valence-electron chi connectivity index (χ3n) is 6.01. The molecule has 1 N–H and O–H groups in total. The summed E-state index contributed by atoms with van der Waals surface area (Å²) in [5.41, 5.74) is 0.602. The van der Waals surface area contributed by atoms with E-state index in [0.29, 0.717) is 32.0 Å². The average Bonchev–Trinajstić information content (AvgIpc) is 3.20. The standard InChI is InChI=1S/C22H28N2O5S.C2HF3O2/c1-27-14-13-24-17-22(29-20-5-3-4-6-21(20)30(24,25)26)11-12-23(16-22)15-18-7-9-19(28-2)10-8-18;3-2(4,5)1(6)7/h3-10H,11-17H2,1-2H3;(H,6,7). The maximum absolute atomic E-state index is 13.3. The summed E-state index contributed by atoms with van der Waals surface area (Å²) in [6.45, 7) is 3.23. The fourth-order valence-corrected chi connectivity index (χ4v) is 5.83. The predicted molar refractivity (Wildman–Crippen MR) is 127 cm³/mol. The molecule has 1 spiro atoms. The van der Waals surface area contributed by atoms with E-state index in [0.717, 1.165) is 25.3 Å². The lowest BCUT2D eigenvalue weighted by Gasteiger charge is -2.32. The van der Waals surface area contributed by atoms with Gasteiger partial charge < -0.3 is 19.3 Å². The Morgan fingerprint density at radius 1 is 1.11 bits per heavy atom. The molecule has 4 rings (SSSR count). The topological polar surface area (TPSA) is 106 Å². The van der Waals surface area contributed by atoms with Gasteiger partial charge in [-0.25, -0.2) is 13.2 Å². The number of carboxylic acid groups (broad SMARTS) is 1. The molecule has 1 saturated heterocycles. The van der Waals surface area contributed by atoms with Crippen LogP contribution in [0, 0.1) is 0 Å². The number of rotatable bonds is 6. The fourth-order valence-electron chi connectivity index (χ4n) is 4.21. The fraction of sp³-hybridized carbons (Fsp3) is 0.458. The van der Waals surface area contributed by atoms with Gasteiger partial charge in [0.15, 0.2) is 0 Å². The van der Waals surface area contributed by atoms with Gasteiger partial charge in [0.2, 0.25) is 10.0 Å². The molecule has 2 aliphatic heterocycles. The van der Waals surface area contributed by atoms with E-state index in [9.17, 15) is 21.6 Å². The van der Waals surface area contributed by atoms with Crippen LogP contribution in [0.1, 0.15) is 12.0 Å². The number of likely N-dealkylation sites (tertiary alicyclic amines) is 1. The van der Waals surface area contributed by atoms with E-state index < -0.39 is 27.8 Å². The van der Waals surface area contributed by atoms with E-state index in [4.69, 9.17) is 24.1 Å². The maximum atomic E-state index is 13.3. The molecule has 1 fully saturated rings. The summed E-state index contributed by atoms with van der Waals surface area (Å²) in [5, 5.41) is 7.12. The first-order chi connectivity index (χ1) is 17.4. The second-order valence-corrected chi connectivity index (χ2v) is 10.6. The Kier molecular flexibility index (Phi) is 9.05. The molecule has 9 nitrogen and oxygen atoms in total. The lowest BCUT2D eigenvalue weighted by atomic mass is 10.0. The molecule has 1 atom stereocenters. The predicted octanol–water partition coefficient (Wildman–Crippen LogP) is 3.00. The number of fused-ring (bicyclic) bond motifs is 1. The van der Waals surface area contributed by atoms with Crippen molar-refractivity contribution < 1.29 is 45.7 Å². The van der Waals surface area contributed by atoms with Gasteiger partial charge in [-0.2, -0.15) is 17.5 Å². The van der Waals surface area contributed by atoms with E-state index in [-0.39, 0.29) is 4.90 Å². The zero-order chi connectivity index (χ0) is 27.3. The van der Waals surface area contributed by atoms with Gasteiger partial charge >= 0.3 is 12.1 Å². The molecule has 2 aromatic carbocycles. The summed E-state index contributed by atoms with van der Waals surface area (Å²) in [6.07, 6.45) is -4.32. The monoisotopic (exact) mass is 546 g/mol. The number of benzene rings is 2. The first kappa shape index (κ1) is 28.7. The third kappa shape index (κ3) is 7.12. The van der Waals surface area contributed by atoms with E-state index in [1.54, 1.807) is 32.4 Å². The molecule has 1 unspecified atom stereocenters. The molecule has 37 heavy (non-hydrogen) atoms. The molecule has 2 aromatic rings. The molecular weight excluding hydrogens is 517 g/mol. The highest BCUT2D eigenvalue weighted by Crippen LogP contribution is 2.38. The van der Waals surface area contributed by atoms with Crippen molar-refractivity contribution in [1.29, 1.82) is 0 Å². The van der Waals surface area contributed by atoms with Gasteiger partial charge in [-0.15, -0.1) is 0 Å². The Hall–Kier alpha value is -2.87. The largest absolute Gasteiger partial charge is 0.497 e. The van der Waals surface area contributed by atoms with Crippen molar-refractivity contribution in [2.24, 2.45) is 0 Å². The molecule has 0 aromatic heterocycles. The number of carboxylic acids is 1. The van der Waals surface area contributed by atoms with Gasteiger partial charge in [0.25, 0.3) is 0 Å². The van der Waals surface area contributed by atoms with Crippen molar-refractivity contribution >= 4 is 16.0 Å². The molecular formula is C24H29F3N2O7S. The number of halogens is 3. The number of carbonyl (C=O) groups is 1. The number of alkyl halides is 3. The van der Waals surface area contributed by atoms with Crippen LogP contribution in [0.3, 0.4) is 0 Å². The second-order valence-electron chi connectivity index (χ2n) is 8.67. The van der Waals surface area contributed by atoms with E-state index >= 15 is 0 Å². The molecule has 0 aliphatic carbocycles. The summed E-state index contributed by atoms with van der Waals surface area (Å²) in [7, 11) is -0.406. The van der Waals surface area contributed by atoms with Crippen molar-refractivity contribution in [2.45, 2.75) is 29.6 Å². The van der Waals surface area contributed by atoms with Crippen molar-refractivity contribution in [3.63, 3.8) is 0 Å². The first-order valence-electron chi connectivity index (χ1n) is 11.3. The summed E-state index contributed by atoms with van der Waals surface area (Å²) < 4.78 is 76.6. The maximum Gasteiger partial charge on any atom is 0.490 e. The minimum Gasteiger partial charge on any atom is -0.497 e.